The largest absolute Gasteiger partial charge is 0.491 e. The van der Waals surface area contributed by atoms with Crippen LogP contribution in [0, 0.1) is 5.82 Å². The molecule has 0 atom stereocenters. The molecule has 2 aliphatic rings. The maximum Gasteiger partial charge on any atom is 0.323 e. The van der Waals surface area contributed by atoms with E-state index in [2.05, 4.69) is 20.6 Å². The van der Waals surface area contributed by atoms with Gasteiger partial charge in [0.15, 0.2) is 17.4 Å². The third-order valence-electron chi connectivity index (χ3n) is 6.16. The summed E-state index contributed by atoms with van der Waals surface area (Å²) in [5.41, 5.74) is 1.70. The van der Waals surface area contributed by atoms with Gasteiger partial charge >= 0.3 is 6.03 Å². The summed E-state index contributed by atoms with van der Waals surface area (Å²) in [4.78, 5) is 36.9. The van der Waals surface area contributed by atoms with Gasteiger partial charge in [-0.15, -0.1) is 0 Å². The summed E-state index contributed by atoms with van der Waals surface area (Å²) in [5, 5.41) is 5.32. The van der Waals surface area contributed by atoms with E-state index in [9.17, 15) is 9.59 Å². The van der Waals surface area contributed by atoms with Crippen molar-refractivity contribution in [3.8, 4) is 17.1 Å². The van der Waals surface area contributed by atoms with Gasteiger partial charge in [-0.05, 0) is 42.5 Å². The van der Waals surface area contributed by atoms with Crippen LogP contribution in [0.2, 0.25) is 0 Å². The molecule has 3 amide bonds. The summed E-state index contributed by atoms with van der Waals surface area (Å²) in [6, 6.07) is 10.6. The Balaban J connectivity index is 1.25. The molecule has 2 aliphatic heterocycles. The molecule has 5 rings (SSSR count). The summed E-state index contributed by atoms with van der Waals surface area (Å²) >= 11 is 0. The molecule has 0 unspecified atom stereocenters. The van der Waals surface area contributed by atoms with Gasteiger partial charge in [-0.3, -0.25) is 4.79 Å². The van der Waals surface area contributed by atoms with Crippen LogP contribution in [0.3, 0.4) is 0 Å². The average molecular weight is 523 g/mol. The van der Waals surface area contributed by atoms with Crippen LogP contribution >= 0.6 is 0 Å². The lowest BCUT2D eigenvalue weighted by atomic mass is 10.1. The molecule has 0 aliphatic carbocycles. The highest BCUT2D eigenvalue weighted by Crippen LogP contribution is 2.30. The number of hydrogen-bond acceptors (Lipinski definition) is 8. The summed E-state index contributed by atoms with van der Waals surface area (Å²) in [6.07, 6.45) is 1.52. The average Bonchev–Trinajstić information content (AvgIpc) is 2.94. The molecule has 12 heteroatoms. The maximum absolute atomic E-state index is 15.1. The summed E-state index contributed by atoms with van der Waals surface area (Å²) in [6.45, 7) is 3.42. The highest BCUT2D eigenvalue weighted by Gasteiger charge is 2.21. The van der Waals surface area contributed by atoms with Gasteiger partial charge in [0.25, 0.3) is 5.91 Å². The Bertz CT molecular complexity index is 1320. The molecule has 2 saturated heterocycles. The molecular weight excluding hydrogens is 495 g/mol. The number of carbonyl (C=O) groups excluding carboxylic acids is 2. The molecule has 11 nitrogen and oxygen atoms in total. The van der Waals surface area contributed by atoms with E-state index in [1.165, 1.54) is 25.4 Å². The highest BCUT2D eigenvalue weighted by atomic mass is 19.1. The van der Waals surface area contributed by atoms with Crippen LogP contribution in [0.15, 0.2) is 48.7 Å². The van der Waals surface area contributed by atoms with Gasteiger partial charge in [0.05, 0.1) is 38.7 Å². The Kier molecular flexibility index (Phi) is 7.61. The van der Waals surface area contributed by atoms with Crippen molar-refractivity contribution in [1.29, 1.82) is 0 Å². The fraction of sp³-hybridized carbons (Fsp3) is 0.308. The number of ether oxygens (including phenoxy) is 3. The SMILES string of the molecule is COc1cnc(-c2ccc(NC(=O)Nc3ccc(N4CCOCC4=O)cc3)cc2F)nc1N1CCOCC1. The number of morpholine rings is 2. The highest BCUT2D eigenvalue weighted by molar-refractivity contribution is 6.00. The van der Waals surface area contributed by atoms with Crippen molar-refractivity contribution in [2.75, 3.05) is 73.6 Å². The van der Waals surface area contributed by atoms with Crippen LogP contribution in [0.5, 0.6) is 5.75 Å². The third-order valence-corrected chi connectivity index (χ3v) is 6.16. The van der Waals surface area contributed by atoms with Gasteiger partial charge in [-0.25, -0.2) is 19.2 Å². The molecular formula is C26H27FN6O5. The van der Waals surface area contributed by atoms with Crippen LogP contribution in [0.1, 0.15) is 0 Å². The van der Waals surface area contributed by atoms with Crippen LogP contribution in [-0.4, -0.2) is 75.1 Å². The standard InChI is InChI=1S/C26H27FN6O5/c1-36-22-15-28-24(31-25(22)32-8-11-37-12-9-32)20-7-4-18(14-21(20)27)30-26(35)29-17-2-5-19(6-3-17)33-10-13-38-16-23(33)34/h2-7,14-15H,8-13,16H2,1H3,(H2,29,30,35). The van der Waals surface area contributed by atoms with Gasteiger partial charge in [0, 0.05) is 36.7 Å². The van der Waals surface area contributed by atoms with Crippen LogP contribution in [-0.2, 0) is 14.3 Å². The number of aromatic nitrogens is 2. The van der Waals surface area contributed by atoms with E-state index in [0.29, 0.717) is 56.7 Å². The van der Waals surface area contributed by atoms with E-state index in [4.69, 9.17) is 14.2 Å². The zero-order valence-electron chi connectivity index (χ0n) is 20.8. The number of urea groups is 1. The first-order valence-electron chi connectivity index (χ1n) is 12.1. The Morgan fingerprint density at radius 3 is 2.42 bits per heavy atom. The van der Waals surface area contributed by atoms with Gasteiger partial charge in [0.1, 0.15) is 12.4 Å². The lowest BCUT2D eigenvalue weighted by molar-refractivity contribution is -0.125. The van der Waals surface area contributed by atoms with Crippen molar-refractivity contribution in [2.45, 2.75) is 0 Å². The van der Waals surface area contributed by atoms with E-state index in [1.54, 1.807) is 35.2 Å². The molecule has 0 spiro atoms. The van der Waals surface area contributed by atoms with Crippen LogP contribution < -0.4 is 25.2 Å². The second kappa shape index (κ2) is 11.4. The molecule has 2 N–H and O–H groups in total. The zero-order chi connectivity index (χ0) is 26.5. The number of rotatable bonds is 6. The zero-order valence-corrected chi connectivity index (χ0v) is 20.8. The van der Waals surface area contributed by atoms with E-state index < -0.39 is 11.8 Å². The fourth-order valence-electron chi connectivity index (χ4n) is 4.22. The fourth-order valence-corrected chi connectivity index (χ4v) is 4.22. The third kappa shape index (κ3) is 5.66. The first kappa shape index (κ1) is 25.4. The number of nitrogens with one attached hydrogen (secondary N) is 2. The van der Waals surface area contributed by atoms with Crippen LogP contribution in [0.4, 0.5) is 32.1 Å². The van der Waals surface area contributed by atoms with Crippen molar-refractivity contribution < 1.29 is 28.2 Å². The van der Waals surface area contributed by atoms with Gasteiger partial charge in [0.2, 0.25) is 0 Å². The van der Waals surface area contributed by atoms with Crippen molar-refractivity contribution in [3.05, 3.63) is 54.5 Å². The number of carbonyl (C=O) groups is 2. The number of benzene rings is 2. The van der Waals surface area contributed by atoms with Crippen molar-refractivity contribution in [3.63, 3.8) is 0 Å². The van der Waals surface area contributed by atoms with Gasteiger partial charge in [-0.2, -0.15) is 0 Å². The summed E-state index contributed by atoms with van der Waals surface area (Å²) in [7, 11) is 1.54. The number of hydrogen-bond donors (Lipinski definition) is 2. The smallest absolute Gasteiger partial charge is 0.323 e. The Morgan fingerprint density at radius 1 is 1.00 bits per heavy atom. The van der Waals surface area contributed by atoms with E-state index in [-0.39, 0.29) is 29.6 Å². The lowest BCUT2D eigenvalue weighted by Gasteiger charge is -2.29. The number of amides is 3. The molecule has 3 aromatic rings. The van der Waals surface area contributed by atoms with Crippen LogP contribution in [0.25, 0.3) is 11.4 Å². The van der Waals surface area contributed by atoms with Gasteiger partial charge in [-0.1, -0.05) is 0 Å². The molecule has 1 aromatic heterocycles. The van der Waals surface area contributed by atoms with E-state index >= 15 is 4.39 Å². The Labute approximate surface area is 218 Å². The molecule has 38 heavy (non-hydrogen) atoms. The lowest BCUT2D eigenvalue weighted by Crippen LogP contribution is -2.41. The number of nitrogens with zero attached hydrogens (tertiary/aromatic N) is 4. The van der Waals surface area contributed by atoms with E-state index in [0.717, 1.165) is 5.69 Å². The number of halogens is 1. The molecule has 2 aromatic carbocycles. The second-order valence-corrected chi connectivity index (χ2v) is 8.60. The minimum absolute atomic E-state index is 0.0530. The predicted octanol–water partition coefficient (Wildman–Crippen LogP) is 3.14. The summed E-state index contributed by atoms with van der Waals surface area (Å²) in [5.74, 6) is 0.582. The van der Waals surface area contributed by atoms with Crippen molar-refractivity contribution in [1.82, 2.24) is 9.97 Å². The second-order valence-electron chi connectivity index (χ2n) is 8.60. The predicted molar refractivity (Wildman–Crippen MR) is 139 cm³/mol. The number of anilines is 4. The first-order chi connectivity index (χ1) is 18.5. The monoisotopic (exact) mass is 522 g/mol. The number of methoxy groups -OCH3 is 1. The quantitative estimate of drug-likeness (QED) is 0.507. The first-order valence-corrected chi connectivity index (χ1v) is 12.1. The van der Waals surface area contributed by atoms with Crippen molar-refractivity contribution >= 4 is 34.8 Å². The Hall–Kier alpha value is -4.29. The molecule has 2 fully saturated rings. The molecule has 0 radical (unpaired) electrons. The Morgan fingerprint density at radius 2 is 1.71 bits per heavy atom. The molecule has 0 saturated carbocycles. The molecule has 3 heterocycles. The minimum Gasteiger partial charge on any atom is -0.491 e. The van der Waals surface area contributed by atoms with Gasteiger partial charge < -0.3 is 34.6 Å². The summed E-state index contributed by atoms with van der Waals surface area (Å²) < 4.78 is 31.0. The molecule has 198 valence electrons. The molecule has 0 bridgehead atoms. The topological polar surface area (TPSA) is 118 Å². The maximum atomic E-state index is 15.1. The normalized spacial score (nSPS) is 15.8. The minimum atomic E-state index is -0.583. The van der Waals surface area contributed by atoms with Crippen molar-refractivity contribution in [2.24, 2.45) is 0 Å². The van der Waals surface area contributed by atoms with E-state index in [1.807, 2.05) is 4.90 Å².